The molecule has 0 saturated heterocycles. The summed E-state index contributed by atoms with van der Waals surface area (Å²) in [7, 11) is 0. The Kier molecular flexibility index (Phi) is 3.79. The van der Waals surface area contributed by atoms with Crippen LogP contribution in [0.5, 0.6) is 0 Å². The highest BCUT2D eigenvalue weighted by Gasteiger charge is 2.12. The van der Waals surface area contributed by atoms with E-state index in [-0.39, 0.29) is 18.0 Å². The predicted octanol–water partition coefficient (Wildman–Crippen LogP) is 3.08. The number of ketones is 1. The van der Waals surface area contributed by atoms with Gasteiger partial charge in [0, 0.05) is 17.8 Å². The zero-order chi connectivity index (χ0) is 14.0. The molecule has 1 aromatic heterocycles. The number of Topliss-reactive ketones (excluding diaryl/α,β-unsaturated/α-hetero) is 1. The van der Waals surface area contributed by atoms with Crippen LogP contribution in [-0.2, 0) is 13.0 Å². The molecule has 100 valence electrons. The van der Waals surface area contributed by atoms with E-state index in [4.69, 9.17) is 0 Å². The maximum Gasteiger partial charge on any atom is 0.168 e. The molecule has 2 rings (SSSR count). The van der Waals surface area contributed by atoms with E-state index in [1.807, 2.05) is 19.9 Å². The van der Waals surface area contributed by atoms with Gasteiger partial charge in [0.25, 0.3) is 0 Å². The SMILES string of the molecule is CCn1nc(C)cc1CC(=O)c1cc(C)cc(F)c1. The molecule has 0 aliphatic carbocycles. The molecule has 0 aliphatic rings. The number of aryl methyl sites for hydroxylation is 3. The number of rotatable bonds is 4. The van der Waals surface area contributed by atoms with Gasteiger partial charge in [0.05, 0.1) is 12.1 Å². The standard InChI is InChI=1S/C15H17FN2O/c1-4-18-14(7-11(3)17-18)9-15(19)12-5-10(2)6-13(16)8-12/h5-8H,4,9H2,1-3H3. The van der Waals surface area contributed by atoms with Crippen molar-refractivity contribution in [1.82, 2.24) is 9.78 Å². The Morgan fingerprint density at radius 3 is 2.63 bits per heavy atom. The van der Waals surface area contributed by atoms with Gasteiger partial charge in [-0.1, -0.05) is 0 Å². The second-order valence-electron chi connectivity index (χ2n) is 4.71. The average molecular weight is 260 g/mol. The molecule has 0 unspecified atom stereocenters. The maximum absolute atomic E-state index is 13.3. The molecule has 1 aromatic carbocycles. The van der Waals surface area contributed by atoms with Crippen molar-refractivity contribution in [3.05, 3.63) is 52.6 Å². The lowest BCUT2D eigenvalue weighted by molar-refractivity contribution is 0.0990. The third-order valence-electron chi connectivity index (χ3n) is 2.99. The lowest BCUT2D eigenvalue weighted by atomic mass is 10.0. The second-order valence-corrected chi connectivity index (χ2v) is 4.71. The largest absolute Gasteiger partial charge is 0.294 e. The van der Waals surface area contributed by atoms with Crippen LogP contribution in [0.4, 0.5) is 4.39 Å². The summed E-state index contributed by atoms with van der Waals surface area (Å²) >= 11 is 0. The quantitative estimate of drug-likeness (QED) is 0.792. The zero-order valence-electron chi connectivity index (χ0n) is 11.4. The highest BCUT2D eigenvalue weighted by atomic mass is 19.1. The number of nitrogens with zero attached hydrogens (tertiary/aromatic N) is 2. The summed E-state index contributed by atoms with van der Waals surface area (Å²) in [5.41, 5.74) is 2.93. The number of benzene rings is 1. The van der Waals surface area contributed by atoms with Crippen molar-refractivity contribution >= 4 is 5.78 Å². The van der Waals surface area contributed by atoms with Gasteiger partial charge in [0.1, 0.15) is 5.82 Å². The van der Waals surface area contributed by atoms with Crippen LogP contribution in [0, 0.1) is 19.7 Å². The first-order valence-corrected chi connectivity index (χ1v) is 6.33. The van der Waals surface area contributed by atoms with Gasteiger partial charge >= 0.3 is 0 Å². The van der Waals surface area contributed by atoms with Crippen LogP contribution < -0.4 is 0 Å². The smallest absolute Gasteiger partial charge is 0.168 e. The van der Waals surface area contributed by atoms with E-state index in [1.54, 1.807) is 17.7 Å². The van der Waals surface area contributed by atoms with Gasteiger partial charge in [-0.05, 0) is 50.6 Å². The summed E-state index contributed by atoms with van der Waals surface area (Å²) < 4.78 is 15.1. The van der Waals surface area contributed by atoms with Crippen LogP contribution >= 0.6 is 0 Å². The first-order chi connectivity index (χ1) is 8.99. The molecule has 0 fully saturated rings. The number of hydrogen-bond acceptors (Lipinski definition) is 2. The maximum atomic E-state index is 13.3. The number of carbonyl (C=O) groups is 1. The van der Waals surface area contributed by atoms with Crippen LogP contribution in [0.25, 0.3) is 0 Å². The van der Waals surface area contributed by atoms with Gasteiger partial charge in [-0.25, -0.2) is 4.39 Å². The van der Waals surface area contributed by atoms with Gasteiger partial charge in [-0.2, -0.15) is 5.10 Å². The molecule has 0 amide bonds. The Morgan fingerprint density at radius 2 is 2.00 bits per heavy atom. The highest BCUT2D eigenvalue weighted by Crippen LogP contribution is 2.13. The molecule has 19 heavy (non-hydrogen) atoms. The number of hydrogen-bond donors (Lipinski definition) is 0. The molecule has 0 radical (unpaired) electrons. The molecule has 1 heterocycles. The van der Waals surface area contributed by atoms with Crippen molar-refractivity contribution < 1.29 is 9.18 Å². The van der Waals surface area contributed by atoms with Crippen molar-refractivity contribution in [1.29, 1.82) is 0 Å². The number of carbonyl (C=O) groups excluding carboxylic acids is 1. The van der Waals surface area contributed by atoms with Crippen LogP contribution in [0.3, 0.4) is 0 Å². The summed E-state index contributed by atoms with van der Waals surface area (Å²) in [5, 5.41) is 4.30. The lowest BCUT2D eigenvalue weighted by Crippen LogP contribution is -2.10. The van der Waals surface area contributed by atoms with Crippen LogP contribution in [0.1, 0.15) is 34.2 Å². The Labute approximate surface area is 112 Å². The molecule has 0 saturated carbocycles. The third kappa shape index (κ3) is 3.08. The van der Waals surface area contributed by atoms with Gasteiger partial charge in [-0.3, -0.25) is 9.48 Å². The molecule has 0 aliphatic heterocycles. The summed E-state index contributed by atoms with van der Waals surface area (Å²) in [6.07, 6.45) is 0.248. The number of aromatic nitrogens is 2. The minimum Gasteiger partial charge on any atom is -0.294 e. The van der Waals surface area contributed by atoms with Crippen molar-refractivity contribution in [2.45, 2.75) is 33.7 Å². The lowest BCUT2D eigenvalue weighted by Gasteiger charge is -2.05. The first-order valence-electron chi connectivity index (χ1n) is 6.33. The highest BCUT2D eigenvalue weighted by molar-refractivity contribution is 5.97. The molecule has 0 bridgehead atoms. The number of halogens is 1. The van der Waals surface area contributed by atoms with Gasteiger partial charge in [0.2, 0.25) is 0 Å². The molecule has 0 atom stereocenters. The first kappa shape index (κ1) is 13.5. The topological polar surface area (TPSA) is 34.9 Å². The third-order valence-corrected chi connectivity index (χ3v) is 2.99. The van der Waals surface area contributed by atoms with E-state index >= 15 is 0 Å². The molecule has 3 nitrogen and oxygen atoms in total. The zero-order valence-corrected chi connectivity index (χ0v) is 11.4. The Morgan fingerprint density at radius 1 is 1.26 bits per heavy atom. The van der Waals surface area contributed by atoms with Crippen molar-refractivity contribution in [3.8, 4) is 0 Å². The minimum atomic E-state index is -0.372. The second kappa shape index (κ2) is 5.34. The van der Waals surface area contributed by atoms with Crippen molar-refractivity contribution in [2.75, 3.05) is 0 Å². The van der Waals surface area contributed by atoms with E-state index in [0.717, 1.165) is 23.5 Å². The van der Waals surface area contributed by atoms with Crippen molar-refractivity contribution in [2.24, 2.45) is 0 Å². The Hall–Kier alpha value is -1.97. The molecule has 0 spiro atoms. The van der Waals surface area contributed by atoms with Gasteiger partial charge < -0.3 is 0 Å². The van der Waals surface area contributed by atoms with E-state index in [9.17, 15) is 9.18 Å². The summed E-state index contributed by atoms with van der Waals surface area (Å²) in [4.78, 5) is 12.2. The normalized spacial score (nSPS) is 10.7. The van der Waals surface area contributed by atoms with Gasteiger partial charge in [0.15, 0.2) is 5.78 Å². The van der Waals surface area contributed by atoms with Gasteiger partial charge in [-0.15, -0.1) is 0 Å². The minimum absolute atomic E-state index is 0.0859. The average Bonchev–Trinajstić information content (AvgIpc) is 2.68. The summed E-state index contributed by atoms with van der Waals surface area (Å²) in [6.45, 7) is 6.37. The van der Waals surface area contributed by atoms with Crippen LogP contribution in [-0.4, -0.2) is 15.6 Å². The van der Waals surface area contributed by atoms with Crippen LogP contribution in [0.15, 0.2) is 24.3 Å². The molecular weight excluding hydrogens is 243 g/mol. The van der Waals surface area contributed by atoms with E-state index < -0.39 is 0 Å². The fraction of sp³-hybridized carbons (Fsp3) is 0.333. The van der Waals surface area contributed by atoms with E-state index in [2.05, 4.69) is 5.10 Å². The summed E-state index contributed by atoms with van der Waals surface area (Å²) in [5.74, 6) is -0.458. The summed E-state index contributed by atoms with van der Waals surface area (Å²) in [6, 6.07) is 6.31. The molecule has 2 aromatic rings. The fourth-order valence-electron chi connectivity index (χ4n) is 2.18. The van der Waals surface area contributed by atoms with Crippen molar-refractivity contribution in [3.63, 3.8) is 0 Å². The fourth-order valence-corrected chi connectivity index (χ4v) is 2.18. The molecular formula is C15H17FN2O. The van der Waals surface area contributed by atoms with E-state index in [1.165, 1.54) is 12.1 Å². The molecule has 0 N–H and O–H groups in total. The van der Waals surface area contributed by atoms with Crippen LogP contribution in [0.2, 0.25) is 0 Å². The van der Waals surface area contributed by atoms with E-state index in [0.29, 0.717) is 5.56 Å². The monoisotopic (exact) mass is 260 g/mol. The molecule has 4 heteroatoms. The predicted molar refractivity (Wildman–Crippen MR) is 71.8 cm³/mol. The Balaban J connectivity index is 2.25. The Bertz CT molecular complexity index is 596.